The third kappa shape index (κ3) is 2.84. The summed E-state index contributed by atoms with van der Waals surface area (Å²) in [5.74, 6) is -0.378. The minimum atomic E-state index is -0.378. The largest absolute Gasteiger partial charge is 0.355 e. The standard InChI is InChI=1S/C11H9Cl2NO2/c1-14-11(16)9(4-5-15)8-3-2-7(12)6-10(8)13/h2-6H,1H3,(H,14,16)/b9-4-. The topological polar surface area (TPSA) is 46.2 Å². The van der Waals surface area contributed by atoms with E-state index in [4.69, 9.17) is 23.2 Å². The highest BCUT2D eigenvalue weighted by molar-refractivity contribution is 6.37. The number of carbonyl (C=O) groups excluding carboxylic acids is 2. The van der Waals surface area contributed by atoms with Crippen LogP contribution in [0.4, 0.5) is 0 Å². The predicted octanol–water partition coefficient (Wildman–Crippen LogP) is 2.32. The number of aldehydes is 1. The van der Waals surface area contributed by atoms with Crippen LogP contribution in [0.2, 0.25) is 10.0 Å². The fourth-order valence-corrected chi connectivity index (χ4v) is 1.71. The highest BCUT2D eigenvalue weighted by Gasteiger charge is 2.13. The van der Waals surface area contributed by atoms with Crippen molar-refractivity contribution in [3.8, 4) is 0 Å². The Hall–Kier alpha value is -1.32. The number of benzene rings is 1. The van der Waals surface area contributed by atoms with Crippen LogP contribution in [0.25, 0.3) is 5.57 Å². The van der Waals surface area contributed by atoms with Crippen LogP contribution in [0.15, 0.2) is 24.3 Å². The molecule has 0 heterocycles. The molecule has 1 amide bonds. The molecule has 0 aromatic heterocycles. The molecule has 0 aliphatic carbocycles. The molecule has 0 radical (unpaired) electrons. The van der Waals surface area contributed by atoms with Crippen LogP contribution < -0.4 is 5.32 Å². The van der Waals surface area contributed by atoms with Gasteiger partial charge in [-0.15, -0.1) is 0 Å². The Morgan fingerprint density at radius 2 is 2.06 bits per heavy atom. The molecule has 3 nitrogen and oxygen atoms in total. The molecular weight excluding hydrogens is 249 g/mol. The van der Waals surface area contributed by atoms with Gasteiger partial charge in [0.2, 0.25) is 0 Å². The molecule has 0 aliphatic rings. The van der Waals surface area contributed by atoms with Gasteiger partial charge in [-0.2, -0.15) is 0 Å². The lowest BCUT2D eigenvalue weighted by atomic mass is 10.1. The Morgan fingerprint density at radius 3 is 2.56 bits per heavy atom. The van der Waals surface area contributed by atoms with Crippen molar-refractivity contribution < 1.29 is 9.59 Å². The molecule has 1 aromatic carbocycles. The van der Waals surface area contributed by atoms with Gasteiger partial charge < -0.3 is 5.32 Å². The third-order valence-electron chi connectivity index (χ3n) is 1.93. The van der Waals surface area contributed by atoms with Crippen molar-refractivity contribution >= 4 is 41.0 Å². The maximum atomic E-state index is 11.5. The molecular formula is C11H9Cl2NO2. The molecule has 0 saturated heterocycles. The van der Waals surface area contributed by atoms with Gasteiger partial charge in [0.05, 0.1) is 10.6 Å². The van der Waals surface area contributed by atoms with Crippen molar-refractivity contribution in [2.75, 3.05) is 7.05 Å². The van der Waals surface area contributed by atoms with Crippen molar-refractivity contribution in [3.05, 3.63) is 39.9 Å². The van der Waals surface area contributed by atoms with Crippen LogP contribution in [0, 0.1) is 0 Å². The zero-order chi connectivity index (χ0) is 12.1. The molecule has 0 unspecified atom stereocenters. The first-order chi connectivity index (χ1) is 7.60. The van der Waals surface area contributed by atoms with Gasteiger partial charge in [-0.1, -0.05) is 29.3 Å². The van der Waals surface area contributed by atoms with E-state index in [9.17, 15) is 9.59 Å². The van der Waals surface area contributed by atoms with E-state index in [1.165, 1.54) is 13.1 Å². The van der Waals surface area contributed by atoms with Crippen molar-refractivity contribution in [2.45, 2.75) is 0 Å². The van der Waals surface area contributed by atoms with Crippen molar-refractivity contribution in [1.29, 1.82) is 0 Å². The number of carbonyl (C=O) groups is 2. The molecule has 0 spiro atoms. The van der Waals surface area contributed by atoms with Gasteiger partial charge in [-0.25, -0.2) is 0 Å². The van der Waals surface area contributed by atoms with E-state index < -0.39 is 0 Å². The summed E-state index contributed by atoms with van der Waals surface area (Å²) in [6, 6.07) is 4.71. The fraction of sp³-hybridized carbons (Fsp3) is 0.0909. The number of hydrogen-bond acceptors (Lipinski definition) is 2. The Bertz CT molecular complexity index is 455. The average molecular weight is 258 g/mol. The minimum absolute atomic E-state index is 0.208. The lowest BCUT2D eigenvalue weighted by Crippen LogP contribution is -2.19. The van der Waals surface area contributed by atoms with Gasteiger partial charge in [0.1, 0.15) is 6.29 Å². The fourth-order valence-electron chi connectivity index (χ4n) is 1.20. The summed E-state index contributed by atoms with van der Waals surface area (Å²) in [5, 5.41) is 3.22. The minimum Gasteiger partial charge on any atom is -0.355 e. The molecule has 0 aliphatic heterocycles. The molecule has 0 bridgehead atoms. The summed E-state index contributed by atoms with van der Waals surface area (Å²) in [6.07, 6.45) is 1.70. The average Bonchev–Trinajstić information content (AvgIpc) is 2.26. The van der Waals surface area contributed by atoms with Gasteiger partial charge in [-0.3, -0.25) is 9.59 Å². The second-order valence-corrected chi connectivity index (χ2v) is 3.76. The van der Waals surface area contributed by atoms with Gasteiger partial charge in [0, 0.05) is 17.6 Å². The Balaban J connectivity index is 3.27. The molecule has 0 saturated carbocycles. The Morgan fingerprint density at radius 1 is 1.38 bits per heavy atom. The maximum absolute atomic E-state index is 11.5. The van der Waals surface area contributed by atoms with E-state index in [-0.39, 0.29) is 11.5 Å². The molecule has 1 N–H and O–H groups in total. The lowest BCUT2D eigenvalue weighted by Gasteiger charge is -2.07. The van der Waals surface area contributed by atoms with Gasteiger partial charge >= 0.3 is 0 Å². The molecule has 0 atom stereocenters. The summed E-state index contributed by atoms with van der Waals surface area (Å²) in [5.41, 5.74) is 0.677. The Labute approximate surface area is 103 Å². The Kier molecular flexibility index (Phi) is 4.52. The maximum Gasteiger partial charge on any atom is 0.251 e. The normalized spacial score (nSPS) is 11.1. The van der Waals surface area contributed by atoms with Crippen LogP contribution in [-0.4, -0.2) is 19.2 Å². The SMILES string of the molecule is CNC(=O)/C(=C\C=O)c1ccc(Cl)cc1Cl. The van der Waals surface area contributed by atoms with Gasteiger partial charge in [0.15, 0.2) is 0 Å². The first-order valence-electron chi connectivity index (χ1n) is 4.43. The summed E-state index contributed by atoms with van der Waals surface area (Å²) in [6.45, 7) is 0. The molecule has 84 valence electrons. The highest BCUT2D eigenvalue weighted by atomic mass is 35.5. The molecule has 0 fully saturated rings. The number of likely N-dealkylation sites (N-methyl/N-ethyl adjacent to an activating group) is 1. The summed E-state index contributed by atoms with van der Waals surface area (Å²) in [7, 11) is 1.48. The van der Waals surface area contributed by atoms with E-state index in [2.05, 4.69) is 5.32 Å². The quantitative estimate of drug-likeness (QED) is 0.668. The predicted molar refractivity (Wildman–Crippen MR) is 64.6 cm³/mol. The van der Waals surface area contributed by atoms with E-state index in [1.54, 1.807) is 12.1 Å². The molecule has 5 heteroatoms. The zero-order valence-corrected chi connectivity index (χ0v) is 9.97. The van der Waals surface area contributed by atoms with Crippen LogP contribution in [0.1, 0.15) is 5.56 Å². The summed E-state index contributed by atoms with van der Waals surface area (Å²) >= 11 is 11.7. The number of amides is 1. The number of hydrogen-bond donors (Lipinski definition) is 1. The van der Waals surface area contributed by atoms with Gasteiger partial charge in [-0.05, 0) is 18.2 Å². The van der Waals surface area contributed by atoms with Crippen molar-refractivity contribution in [2.24, 2.45) is 0 Å². The monoisotopic (exact) mass is 257 g/mol. The van der Waals surface area contributed by atoms with E-state index in [1.807, 2.05) is 0 Å². The third-order valence-corrected chi connectivity index (χ3v) is 2.48. The molecule has 1 rings (SSSR count). The van der Waals surface area contributed by atoms with E-state index in [0.717, 1.165) is 6.08 Å². The zero-order valence-electron chi connectivity index (χ0n) is 8.46. The molecule has 16 heavy (non-hydrogen) atoms. The second-order valence-electron chi connectivity index (χ2n) is 2.92. The summed E-state index contributed by atoms with van der Waals surface area (Å²) < 4.78 is 0. The van der Waals surface area contributed by atoms with Crippen LogP contribution >= 0.6 is 23.2 Å². The van der Waals surface area contributed by atoms with Crippen LogP contribution in [-0.2, 0) is 9.59 Å². The van der Waals surface area contributed by atoms with E-state index >= 15 is 0 Å². The number of rotatable bonds is 3. The number of nitrogens with one attached hydrogen (secondary N) is 1. The summed E-state index contributed by atoms with van der Waals surface area (Å²) in [4.78, 5) is 22.0. The second kappa shape index (κ2) is 5.68. The lowest BCUT2D eigenvalue weighted by molar-refractivity contribution is -0.115. The van der Waals surface area contributed by atoms with Crippen LogP contribution in [0.5, 0.6) is 0 Å². The number of allylic oxidation sites excluding steroid dienone is 1. The van der Waals surface area contributed by atoms with Crippen LogP contribution in [0.3, 0.4) is 0 Å². The van der Waals surface area contributed by atoms with Crippen molar-refractivity contribution in [3.63, 3.8) is 0 Å². The highest BCUT2D eigenvalue weighted by Crippen LogP contribution is 2.26. The number of halogens is 2. The first-order valence-corrected chi connectivity index (χ1v) is 5.18. The molecule has 1 aromatic rings. The first kappa shape index (κ1) is 12.7. The van der Waals surface area contributed by atoms with Crippen molar-refractivity contribution in [1.82, 2.24) is 5.32 Å². The van der Waals surface area contributed by atoms with Gasteiger partial charge in [0.25, 0.3) is 5.91 Å². The smallest absolute Gasteiger partial charge is 0.251 e. The van der Waals surface area contributed by atoms with E-state index in [0.29, 0.717) is 21.9 Å².